The molecule has 0 radical (unpaired) electrons. The number of halogens is 1. The summed E-state index contributed by atoms with van der Waals surface area (Å²) < 4.78 is 15.8. The molecule has 1 fully saturated rings. The van der Waals surface area contributed by atoms with Crippen molar-refractivity contribution in [2.75, 3.05) is 0 Å². The molecule has 1 amide bonds. The topological polar surface area (TPSA) is 109 Å². The maximum absolute atomic E-state index is 14.2. The zero-order valence-corrected chi connectivity index (χ0v) is 16.6. The van der Waals surface area contributed by atoms with E-state index in [4.69, 9.17) is 0 Å². The van der Waals surface area contributed by atoms with Crippen LogP contribution >= 0.6 is 0 Å². The van der Waals surface area contributed by atoms with Gasteiger partial charge >= 0.3 is 0 Å². The van der Waals surface area contributed by atoms with Crippen molar-refractivity contribution >= 4 is 28.5 Å². The average molecular weight is 406 g/mol. The van der Waals surface area contributed by atoms with E-state index in [1.165, 1.54) is 6.07 Å². The number of hydrogen-bond donors (Lipinski definition) is 2. The third kappa shape index (κ3) is 2.75. The number of hydrazone groups is 1. The number of fused-ring (bicyclic) bond motifs is 2. The molecule has 0 aliphatic carbocycles. The molecule has 30 heavy (non-hydrogen) atoms. The molecule has 2 N–H and O–H groups in total. The Kier molecular flexibility index (Phi) is 3.92. The second-order valence-electron chi connectivity index (χ2n) is 7.84. The van der Waals surface area contributed by atoms with Gasteiger partial charge in [-0.1, -0.05) is 18.2 Å². The third-order valence-corrected chi connectivity index (χ3v) is 5.39. The fraction of sp³-hybridized carbons (Fsp3) is 0.300. The monoisotopic (exact) mass is 406 g/mol. The Labute approximate surface area is 171 Å². The first-order valence-electron chi connectivity index (χ1n) is 9.51. The van der Waals surface area contributed by atoms with Crippen molar-refractivity contribution in [2.24, 2.45) is 15.5 Å². The zero-order chi connectivity index (χ0) is 21.0. The second kappa shape index (κ2) is 6.41. The number of nitrogens with one attached hydrogen (secondary N) is 2. The van der Waals surface area contributed by atoms with E-state index < -0.39 is 11.6 Å². The van der Waals surface area contributed by atoms with Gasteiger partial charge in [-0.25, -0.2) is 24.0 Å². The molecule has 10 heteroatoms. The van der Waals surface area contributed by atoms with Crippen LogP contribution < -0.4 is 10.7 Å². The van der Waals surface area contributed by atoms with E-state index in [0.29, 0.717) is 39.7 Å². The Hall–Kier alpha value is -3.69. The molecule has 2 aliphatic rings. The SMILES string of the molecule is Cc1ncc2c(C3=NC4NC(=O)C(C)(C)C4=NN3)nn(Cc3ccccc3F)c2n1. The summed E-state index contributed by atoms with van der Waals surface area (Å²) in [5.41, 5.74) is 4.35. The van der Waals surface area contributed by atoms with Gasteiger partial charge in [0.25, 0.3) is 0 Å². The van der Waals surface area contributed by atoms with Gasteiger partial charge in [0.15, 0.2) is 17.6 Å². The van der Waals surface area contributed by atoms with Crippen LogP contribution in [0, 0.1) is 18.2 Å². The van der Waals surface area contributed by atoms with Crippen LogP contribution in [0.2, 0.25) is 0 Å². The van der Waals surface area contributed by atoms with E-state index in [1.54, 1.807) is 49.8 Å². The van der Waals surface area contributed by atoms with Crippen LogP contribution in [0.3, 0.4) is 0 Å². The lowest BCUT2D eigenvalue weighted by atomic mass is 9.89. The highest BCUT2D eigenvalue weighted by Gasteiger charge is 2.47. The standard InChI is InChI=1S/C20H19FN8O/c1-10-22-8-12-14(16-24-17-15(26-27-16)20(2,3)19(30)25-17)28-29(18(12)23-10)9-11-6-4-5-7-13(11)21/h4-8,17H,9H2,1-3H3,(H,24,27)(H,25,30). The van der Waals surface area contributed by atoms with E-state index in [9.17, 15) is 9.18 Å². The van der Waals surface area contributed by atoms with Crippen molar-refractivity contribution in [3.63, 3.8) is 0 Å². The third-order valence-electron chi connectivity index (χ3n) is 5.39. The van der Waals surface area contributed by atoms with E-state index in [1.807, 2.05) is 0 Å². The van der Waals surface area contributed by atoms with Gasteiger partial charge in [-0.15, -0.1) is 0 Å². The quantitative estimate of drug-likeness (QED) is 0.685. The van der Waals surface area contributed by atoms with Crippen LogP contribution in [0.15, 0.2) is 40.6 Å². The number of aryl methyl sites for hydroxylation is 1. The van der Waals surface area contributed by atoms with Crippen LogP contribution in [-0.4, -0.2) is 43.4 Å². The Morgan fingerprint density at radius 2 is 2.07 bits per heavy atom. The van der Waals surface area contributed by atoms with Crippen LogP contribution in [0.4, 0.5) is 4.39 Å². The van der Waals surface area contributed by atoms with Crippen LogP contribution in [-0.2, 0) is 11.3 Å². The summed E-state index contributed by atoms with van der Waals surface area (Å²) in [5, 5.41) is 12.5. The van der Waals surface area contributed by atoms with Gasteiger partial charge in [-0.2, -0.15) is 10.2 Å². The average Bonchev–Trinajstić information content (AvgIpc) is 3.17. The number of carbonyl (C=O) groups excluding carboxylic acids is 1. The molecule has 1 aromatic carbocycles. The van der Waals surface area contributed by atoms with Crippen molar-refractivity contribution in [1.82, 2.24) is 30.5 Å². The number of aliphatic imine (C=N–C) groups is 1. The number of amides is 1. The molecule has 9 nitrogen and oxygen atoms in total. The number of amidine groups is 1. The maximum atomic E-state index is 14.2. The molecule has 4 heterocycles. The molecule has 5 rings (SSSR count). The Morgan fingerprint density at radius 1 is 1.27 bits per heavy atom. The molecule has 1 unspecified atom stereocenters. The molecular weight excluding hydrogens is 387 g/mol. The number of carbonyl (C=O) groups is 1. The summed E-state index contributed by atoms with van der Waals surface area (Å²) in [7, 11) is 0. The zero-order valence-electron chi connectivity index (χ0n) is 16.6. The number of aromatic nitrogens is 4. The highest BCUT2D eigenvalue weighted by Crippen LogP contribution is 2.29. The molecule has 0 saturated carbocycles. The lowest BCUT2D eigenvalue weighted by Gasteiger charge is -2.20. The summed E-state index contributed by atoms with van der Waals surface area (Å²) in [4.78, 5) is 25.6. The summed E-state index contributed by atoms with van der Waals surface area (Å²) in [6.07, 6.45) is 1.11. The van der Waals surface area contributed by atoms with E-state index in [2.05, 4.69) is 35.9 Å². The van der Waals surface area contributed by atoms with Gasteiger partial charge in [-0.3, -0.25) is 10.2 Å². The number of hydrogen-bond acceptors (Lipinski definition) is 7. The van der Waals surface area contributed by atoms with Gasteiger partial charge in [-0.05, 0) is 26.8 Å². The summed E-state index contributed by atoms with van der Waals surface area (Å²) >= 11 is 0. The molecule has 1 saturated heterocycles. The molecule has 3 aromatic rings. The summed E-state index contributed by atoms with van der Waals surface area (Å²) in [6, 6.07) is 6.54. The highest BCUT2D eigenvalue weighted by molar-refractivity contribution is 6.19. The van der Waals surface area contributed by atoms with Gasteiger partial charge in [0, 0.05) is 11.8 Å². The first-order valence-corrected chi connectivity index (χ1v) is 9.51. The maximum Gasteiger partial charge on any atom is 0.233 e. The summed E-state index contributed by atoms with van der Waals surface area (Å²) in [6.45, 7) is 5.59. The Balaban J connectivity index is 1.59. The molecule has 2 aromatic heterocycles. The number of rotatable bonds is 3. The highest BCUT2D eigenvalue weighted by atomic mass is 19.1. The van der Waals surface area contributed by atoms with Crippen LogP contribution in [0.5, 0.6) is 0 Å². The molecule has 152 valence electrons. The van der Waals surface area contributed by atoms with Crippen molar-refractivity contribution in [3.05, 3.63) is 53.4 Å². The molecule has 0 spiro atoms. The second-order valence-corrected chi connectivity index (χ2v) is 7.84. The minimum absolute atomic E-state index is 0.132. The summed E-state index contributed by atoms with van der Waals surface area (Å²) in [5.74, 6) is 0.526. The van der Waals surface area contributed by atoms with Crippen molar-refractivity contribution < 1.29 is 9.18 Å². The van der Waals surface area contributed by atoms with Crippen molar-refractivity contribution in [2.45, 2.75) is 33.5 Å². The van der Waals surface area contributed by atoms with Crippen LogP contribution in [0.1, 0.15) is 30.9 Å². The van der Waals surface area contributed by atoms with Gasteiger partial charge in [0.2, 0.25) is 5.91 Å². The van der Waals surface area contributed by atoms with E-state index in [0.717, 1.165) is 0 Å². The largest absolute Gasteiger partial charge is 0.329 e. The van der Waals surface area contributed by atoms with E-state index >= 15 is 0 Å². The van der Waals surface area contributed by atoms with Crippen LogP contribution in [0.25, 0.3) is 11.0 Å². The Bertz CT molecular complexity index is 1260. The lowest BCUT2D eigenvalue weighted by Crippen LogP contribution is -2.38. The predicted octanol–water partition coefficient (Wildman–Crippen LogP) is 1.51. The normalized spacial score (nSPS) is 19.7. The minimum Gasteiger partial charge on any atom is -0.329 e. The molecule has 1 atom stereocenters. The lowest BCUT2D eigenvalue weighted by molar-refractivity contribution is -0.124. The first kappa shape index (κ1) is 18.3. The number of nitrogens with zero attached hydrogens (tertiary/aromatic N) is 6. The fourth-order valence-electron chi connectivity index (χ4n) is 3.63. The number of benzene rings is 1. The van der Waals surface area contributed by atoms with E-state index in [-0.39, 0.29) is 18.3 Å². The predicted molar refractivity (Wildman–Crippen MR) is 108 cm³/mol. The smallest absolute Gasteiger partial charge is 0.233 e. The molecule has 2 aliphatic heterocycles. The van der Waals surface area contributed by atoms with Gasteiger partial charge < -0.3 is 5.32 Å². The van der Waals surface area contributed by atoms with Gasteiger partial charge in [0.05, 0.1) is 23.1 Å². The van der Waals surface area contributed by atoms with Crippen molar-refractivity contribution in [3.8, 4) is 0 Å². The Morgan fingerprint density at radius 3 is 2.87 bits per heavy atom. The molecule has 0 bridgehead atoms. The molecular formula is C20H19FN8O. The fourth-order valence-corrected chi connectivity index (χ4v) is 3.63. The van der Waals surface area contributed by atoms with Gasteiger partial charge in [0.1, 0.15) is 17.3 Å². The minimum atomic E-state index is -0.737. The van der Waals surface area contributed by atoms with Crippen molar-refractivity contribution in [1.29, 1.82) is 0 Å². The first-order chi connectivity index (χ1) is 14.3.